The third-order valence-electron chi connectivity index (χ3n) is 2.67. The highest BCUT2D eigenvalue weighted by Crippen LogP contribution is 2.22. The number of Topliss-reactive ketones (excluding diaryl/α,β-unsaturated/α-hetero) is 1. The van der Waals surface area contributed by atoms with Gasteiger partial charge in [0, 0.05) is 18.5 Å². The molecule has 0 radical (unpaired) electrons. The van der Waals surface area contributed by atoms with E-state index in [4.69, 9.17) is 11.6 Å². The third kappa shape index (κ3) is 3.32. The molecule has 1 aromatic rings. The average molecular weight is 240 g/mol. The molecule has 0 saturated carbocycles. The van der Waals surface area contributed by atoms with Gasteiger partial charge in [-0.3, -0.25) is 4.79 Å². The van der Waals surface area contributed by atoms with Crippen molar-refractivity contribution in [2.75, 3.05) is 20.6 Å². The van der Waals surface area contributed by atoms with Gasteiger partial charge in [0.05, 0.1) is 5.02 Å². The molecule has 1 aromatic carbocycles. The van der Waals surface area contributed by atoms with Crippen molar-refractivity contribution in [1.29, 1.82) is 0 Å². The van der Waals surface area contributed by atoms with E-state index in [9.17, 15) is 4.79 Å². The summed E-state index contributed by atoms with van der Waals surface area (Å²) in [6, 6.07) is 3.75. The predicted molar refractivity (Wildman–Crippen MR) is 68.4 cm³/mol. The fourth-order valence-corrected chi connectivity index (χ4v) is 1.78. The van der Waals surface area contributed by atoms with E-state index in [-0.39, 0.29) is 5.78 Å². The first-order valence-electron chi connectivity index (χ1n) is 5.36. The van der Waals surface area contributed by atoms with E-state index in [1.165, 1.54) is 0 Å². The van der Waals surface area contributed by atoms with Crippen LogP contribution in [0.1, 0.15) is 27.9 Å². The molecule has 0 amide bonds. The zero-order chi connectivity index (χ0) is 12.3. The summed E-state index contributed by atoms with van der Waals surface area (Å²) in [6.45, 7) is 4.74. The second-order valence-corrected chi connectivity index (χ2v) is 4.80. The van der Waals surface area contributed by atoms with Crippen LogP contribution in [-0.4, -0.2) is 31.3 Å². The highest BCUT2D eigenvalue weighted by atomic mass is 35.5. The number of carbonyl (C=O) groups excluding carboxylic acids is 1. The van der Waals surface area contributed by atoms with Crippen LogP contribution in [-0.2, 0) is 0 Å². The van der Waals surface area contributed by atoms with Gasteiger partial charge in [-0.1, -0.05) is 11.6 Å². The number of halogens is 1. The van der Waals surface area contributed by atoms with E-state index < -0.39 is 0 Å². The maximum Gasteiger partial charge on any atom is 0.165 e. The molecule has 0 atom stereocenters. The molecule has 0 unspecified atom stereocenters. The van der Waals surface area contributed by atoms with E-state index >= 15 is 0 Å². The Morgan fingerprint density at radius 2 is 1.81 bits per heavy atom. The van der Waals surface area contributed by atoms with Crippen LogP contribution < -0.4 is 0 Å². The molecule has 0 saturated heterocycles. The molecule has 2 nitrogen and oxygen atoms in total. The van der Waals surface area contributed by atoms with E-state index in [0.29, 0.717) is 17.0 Å². The molecule has 0 aliphatic rings. The SMILES string of the molecule is Cc1cc(Cl)c(C(=O)CCN(C)C)cc1C. The Labute approximate surface area is 102 Å². The number of hydrogen-bond acceptors (Lipinski definition) is 2. The monoisotopic (exact) mass is 239 g/mol. The summed E-state index contributed by atoms with van der Waals surface area (Å²) in [5, 5.41) is 0.562. The Kier molecular flexibility index (Phi) is 4.51. The van der Waals surface area contributed by atoms with Crippen molar-refractivity contribution in [3.05, 3.63) is 33.8 Å². The summed E-state index contributed by atoms with van der Waals surface area (Å²) in [6.07, 6.45) is 0.509. The Morgan fingerprint density at radius 1 is 1.25 bits per heavy atom. The number of nitrogens with zero attached hydrogens (tertiary/aromatic N) is 1. The largest absolute Gasteiger partial charge is 0.309 e. The standard InChI is InChI=1S/C13H18ClNO/c1-9-7-11(12(14)8-10(9)2)13(16)5-6-15(3)4/h7-8H,5-6H2,1-4H3. The quantitative estimate of drug-likeness (QED) is 0.753. The first-order chi connectivity index (χ1) is 7.41. The van der Waals surface area contributed by atoms with Gasteiger partial charge in [0.2, 0.25) is 0 Å². The lowest BCUT2D eigenvalue weighted by Gasteiger charge is -2.10. The van der Waals surface area contributed by atoms with Gasteiger partial charge in [0.1, 0.15) is 0 Å². The number of ketones is 1. The minimum absolute atomic E-state index is 0.113. The lowest BCUT2D eigenvalue weighted by atomic mass is 10.0. The zero-order valence-electron chi connectivity index (χ0n) is 10.3. The maximum atomic E-state index is 11.9. The first kappa shape index (κ1) is 13.2. The molecule has 1 rings (SSSR count). The third-order valence-corrected chi connectivity index (χ3v) is 2.98. The summed E-state index contributed by atoms with van der Waals surface area (Å²) in [7, 11) is 3.91. The van der Waals surface area contributed by atoms with Gasteiger partial charge in [-0.05, 0) is 51.2 Å². The Morgan fingerprint density at radius 3 is 2.38 bits per heavy atom. The van der Waals surface area contributed by atoms with Crippen molar-refractivity contribution in [2.45, 2.75) is 20.3 Å². The van der Waals surface area contributed by atoms with Crippen molar-refractivity contribution in [1.82, 2.24) is 4.90 Å². The Balaban J connectivity index is 2.87. The molecule has 0 fully saturated rings. The smallest absolute Gasteiger partial charge is 0.165 e. The van der Waals surface area contributed by atoms with Crippen molar-refractivity contribution < 1.29 is 4.79 Å². The van der Waals surface area contributed by atoms with Crippen molar-refractivity contribution >= 4 is 17.4 Å². The topological polar surface area (TPSA) is 20.3 Å². The molecular formula is C13H18ClNO. The summed E-state index contributed by atoms with van der Waals surface area (Å²) in [4.78, 5) is 13.9. The van der Waals surface area contributed by atoms with Crippen LogP contribution in [0.2, 0.25) is 5.02 Å². The molecule has 0 aliphatic carbocycles. The summed E-state index contributed by atoms with van der Waals surface area (Å²) >= 11 is 6.08. The van der Waals surface area contributed by atoms with E-state index in [0.717, 1.165) is 17.7 Å². The minimum atomic E-state index is 0.113. The molecule has 16 heavy (non-hydrogen) atoms. The first-order valence-corrected chi connectivity index (χ1v) is 5.74. The summed E-state index contributed by atoms with van der Waals surface area (Å²) < 4.78 is 0. The zero-order valence-corrected chi connectivity index (χ0v) is 11.1. The fraction of sp³-hybridized carbons (Fsp3) is 0.462. The molecule has 0 spiro atoms. The molecule has 3 heteroatoms. The van der Waals surface area contributed by atoms with Crippen molar-refractivity contribution in [3.8, 4) is 0 Å². The predicted octanol–water partition coefficient (Wildman–Crippen LogP) is 3.09. The lowest BCUT2D eigenvalue weighted by Crippen LogP contribution is -2.17. The maximum absolute atomic E-state index is 11.9. The van der Waals surface area contributed by atoms with Crippen molar-refractivity contribution in [2.24, 2.45) is 0 Å². The van der Waals surface area contributed by atoms with E-state index in [2.05, 4.69) is 0 Å². The van der Waals surface area contributed by atoms with Gasteiger partial charge >= 0.3 is 0 Å². The number of carbonyl (C=O) groups is 1. The molecular weight excluding hydrogens is 222 g/mol. The van der Waals surface area contributed by atoms with Gasteiger partial charge in [-0.2, -0.15) is 0 Å². The van der Waals surface area contributed by atoms with Gasteiger partial charge in [0.15, 0.2) is 5.78 Å². The van der Waals surface area contributed by atoms with Crippen LogP contribution in [0, 0.1) is 13.8 Å². The van der Waals surface area contributed by atoms with Crippen LogP contribution in [0.25, 0.3) is 0 Å². The van der Waals surface area contributed by atoms with Gasteiger partial charge < -0.3 is 4.90 Å². The Hall–Kier alpha value is -0.860. The normalized spacial score (nSPS) is 10.9. The molecule has 0 heterocycles. The summed E-state index contributed by atoms with van der Waals surface area (Å²) in [5.74, 6) is 0.113. The minimum Gasteiger partial charge on any atom is -0.309 e. The number of aryl methyl sites for hydroxylation is 2. The van der Waals surface area contributed by atoms with Crippen LogP contribution >= 0.6 is 11.6 Å². The second kappa shape index (κ2) is 5.46. The van der Waals surface area contributed by atoms with Crippen LogP contribution in [0.5, 0.6) is 0 Å². The number of benzene rings is 1. The van der Waals surface area contributed by atoms with E-state index in [1.54, 1.807) is 0 Å². The molecule has 88 valence electrons. The molecule has 0 N–H and O–H groups in total. The molecule has 0 aromatic heterocycles. The Bertz CT molecular complexity index is 399. The number of hydrogen-bond donors (Lipinski definition) is 0. The molecule has 0 bridgehead atoms. The highest BCUT2D eigenvalue weighted by Gasteiger charge is 2.11. The average Bonchev–Trinajstić information content (AvgIpc) is 2.20. The van der Waals surface area contributed by atoms with Gasteiger partial charge in [-0.25, -0.2) is 0 Å². The van der Waals surface area contributed by atoms with Gasteiger partial charge in [0.25, 0.3) is 0 Å². The van der Waals surface area contributed by atoms with Crippen LogP contribution in [0.4, 0.5) is 0 Å². The van der Waals surface area contributed by atoms with Crippen LogP contribution in [0.15, 0.2) is 12.1 Å². The van der Waals surface area contributed by atoms with Crippen molar-refractivity contribution in [3.63, 3.8) is 0 Å². The van der Waals surface area contributed by atoms with Crippen LogP contribution in [0.3, 0.4) is 0 Å². The fourth-order valence-electron chi connectivity index (χ4n) is 1.45. The lowest BCUT2D eigenvalue weighted by molar-refractivity contribution is 0.0972. The highest BCUT2D eigenvalue weighted by molar-refractivity contribution is 6.34. The molecule has 0 aliphatic heterocycles. The summed E-state index contributed by atoms with van der Waals surface area (Å²) in [5.41, 5.74) is 2.87. The van der Waals surface area contributed by atoms with E-state index in [1.807, 2.05) is 45.0 Å². The van der Waals surface area contributed by atoms with Gasteiger partial charge in [-0.15, -0.1) is 0 Å². The number of rotatable bonds is 4. The second-order valence-electron chi connectivity index (χ2n) is 4.39.